The molecule has 210 valence electrons. The molecule has 0 saturated carbocycles. The lowest BCUT2D eigenvalue weighted by molar-refractivity contribution is -0.121. The number of hydrogen-bond acceptors (Lipinski definition) is 8. The molecule has 4 heterocycles. The first-order valence-corrected chi connectivity index (χ1v) is 15.5. The van der Waals surface area contributed by atoms with Crippen LogP contribution in [0.1, 0.15) is 45.3 Å². The molecule has 0 N–H and O–H groups in total. The van der Waals surface area contributed by atoms with Crippen molar-refractivity contribution in [2.24, 2.45) is 0 Å². The number of hydrogen-bond donors (Lipinski definition) is 0. The number of thioether (sulfide) groups is 1. The molecule has 2 aliphatic heterocycles. The Hall–Kier alpha value is -3.99. The van der Waals surface area contributed by atoms with Crippen LogP contribution < -0.4 is 15.2 Å². The van der Waals surface area contributed by atoms with E-state index >= 15 is 0 Å². The first-order chi connectivity index (χ1) is 20.3. The molecule has 0 bridgehead atoms. The number of likely N-dealkylation sites (N-methyl/N-ethyl adjacent to an activating group) is 1. The Balaban J connectivity index is 1.45. The van der Waals surface area contributed by atoms with E-state index in [4.69, 9.17) is 16.0 Å². The van der Waals surface area contributed by atoms with E-state index in [1.807, 2.05) is 57.2 Å². The molecule has 7 rings (SSSR count). The zero-order chi connectivity index (χ0) is 29.3. The molecule has 2 aliphatic rings. The van der Waals surface area contributed by atoms with E-state index < -0.39 is 22.8 Å². The number of aromatic nitrogens is 2. The van der Waals surface area contributed by atoms with E-state index in [0.29, 0.717) is 43.9 Å². The van der Waals surface area contributed by atoms with Crippen molar-refractivity contribution in [1.82, 2.24) is 10.2 Å². The van der Waals surface area contributed by atoms with Gasteiger partial charge in [-0.15, -0.1) is 10.2 Å². The van der Waals surface area contributed by atoms with Crippen LogP contribution in [0.15, 0.2) is 74.2 Å². The van der Waals surface area contributed by atoms with Crippen LogP contribution in [-0.2, 0) is 16.1 Å². The van der Waals surface area contributed by atoms with E-state index in [-0.39, 0.29) is 16.5 Å². The Labute approximate surface area is 253 Å². The van der Waals surface area contributed by atoms with Gasteiger partial charge in [0.2, 0.25) is 10.9 Å². The third kappa shape index (κ3) is 3.65. The minimum Gasteiger partial charge on any atom is -0.450 e. The minimum absolute atomic E-state index is 0.0112. The molecular weight excluding hydrogens is 592 g/mol. The summed E-state index contributed by atoms with van der Waals surface area (Å²) in [6.45, 7) is 6.03. The molecule has 1 spiro atoms. The molecule has 0 saturated heterocycles. The quantitative estimate of drug-likeness (QED) is 0.165. The van der Waals surface area contributed by atoms with Gasteiger partial charge in [0.15, 0.2) is 15.3 Å². The van der Waals surface area contributed by atoms with E-state index in [9.17, 15) is 14.4 Å². The van der Waals surface area contributed by atoms with Gasteiger partial charge in [-0.25, -0.2) is 0 Å². The van der Waals surface area contributed by atoms with Gasteiger partial charge in [-0.05, 0) is 61.7 Å². The first-order valence-electron chi connectivity index (χ1n) is 13.3. The number of amides is 2. The van der Waals surface area contributed by atoms with Gasteiger partial charge in [0.05, 0.1) is 16.6 Å². The lowest BCUT2D eigenvalue weighted by atomic mass is 9.84. The standard InChI is InChI=1S/C31H23ClN4O4S2/c1-4-35-22-12-8-6-10-20(22)31(28(35)39)24-25(37)19-13-16(2)17(3)14-23(19)40-26(24)27(38)36(31)29-33-34-30(42-29)41-15-18-9-5-7-11-21(18)32/h5-14H,4,15H2,1-3H3. The number of halogens is 1. The van der Waals surface area contributed by atoms with E-state index in [2.05, 4.69) is 10.2 Å². The third-order valence-electron chi connectivity index (χ3n) is 7.95. The SMILES string of the molecule is CCN1C(=O)C2(c3ccccc31)c1c(oc3cc(C)c(C)cc3c1=O)C(=O)N2c1nnc(SCc2ccccc2Cl)s1. The molecule has 2 aromatic heterocycles. The fourth-order valence-corrected chi connectivity index (χ4v) is 8.02. The minimum atomic E-state index is -1.78. The van der Waals surface area contributed by atoms with Crippen LogP contribution >= 0.6 is 34.7 Å². The highest BCUT2D eigenvalue weighted by Crippen LogP contribution is 2.54. The number of rotatable bonds is 5. The smallest absolute Gasteiger partial charge is 0.297 e. The van der Waals surface area contributed by atoms with Gasteiger partial charge in [-0.2, -0.15) is 0 Å². The average molecular weight is 615 g/mol. The Kier molecular flexibility index (Phi) is 6.27. The summed E-state index contributed by atoms with van der Waals surface area (Å²) >= 11 is 8.95. The second kappa shape index (κ2) is 9.79. The van der Waals surface area contributed by atoms with Crippen LogP contribution in [0.5, 0.6) is 0 Å². The number of aryl methyl sites for hydroxylation is 2. The Morgan fingerprint density at radius 3 is 2.52 bits per heavy atom. The number of nitrogens with zero attached hydrogens (tertiary/aromatic N) is 4. The third-order valence-corrected chi connectivity index (χ3v) is 10.4. The van der Waals surface area contributed by atoms with Crippen LogP contribution in [0.4, 0.5) is 10.8 Å². The molecule has 5 aromatic rings. The molecule has 1 atom stereocenters. The molecular formula is C31H23ClN4O4S2. The number of carbonyl (C=O) groups is 2. The summed E-state index contributed by atoms with van der Waals surface area (Å²) in [6, 6.07) is 18.3. The summed E-state index contributed by atoms with van der Waals surface area (Å²) in [7, 11) is 0. The maximum absolute atomic E-state index is 14.6. The van der Waals surface area contributed by atoms with Crippen LogP contribution in [-0.4, -0.2) is 28.6 Å². The molecule has 42 heavy (non-hydrogen) atoms. The molecule has 0 aliphatic carbocycles. The van der Waals surface area contributed by atoms with Gasteiger partial charge < -0.3 is 9.32 Å². The van der Waals surface area contributed by atoms with Crippen molar-refractivity contribution in [1.29, 1.82) is 0 Å². The highest BCUT2D eigenvalue weighted by atomic mass is 35.5. The Morgan fingerprint density at radius 1 is 1.00 bits per heavy atom. The van der Waals surface area contributed by atoms with Gasteiger partial charge in [0.25, 0.3) is 11.8 Å². The first kappa shape index (κ1) is 26.9. The fourth-order valence-electron chi connectivity index (χ4n) is 5.84. The van der Waals surface area contributed by atoms with Crippen molar-refractivity contribution < 1.29 is 14.0 Å². The zero-order valence-electron chi connectivity index (χ0n) is 22.8. The number of fused-ring (bicyclic) bond motifs is 5. The van der Waals surface area contributed by atoms with E-state index in [1.54, 1.807) is 29.2 Å². The lowest BCUT2D eigenvalue weighted by Crippen LogP contribution is -2.53. The lowest BCUT2D eigenvalue weighted by Gasteiger charge is -2.31. The van der Waals surface area contributed by atoms with Gasteiger partial charge in [0.1, 0.15) is 5.58 Å². The highest BCUT2D eigenvalue weighted by Gasteiger charge is 2.66. The van der Waals surface area contributed by atoms with Crippen molar-refractivity contribution in [2.75, 3.05) is 16.3 Å². The topological polar surface area (TPSA) is 96.6 Å². The van der Waals surface area contributed by atoms with Crippen molar-refractivity contribution >= 4 is 68.3 Å². The van der Waals surface area contributed by atoms with Crippen LogP contribution in [0.25, 0.3) is 11.0 Å². The van der Waals surface area contributed by atoms with Crippen LogP contribution in [0.2, 0.25) is 5.02 Å². The summed E-state index contributed by atoms with van der Waals surface area (Å²) in [6.07, 6.45) is 0. The highest BCUT2D eigenvalue weighted by molar-refractivity contribution is 8.00. The fraction of sp³-hybridized carbons (Fsp3) is 0.194. The molecule has 0 fully saturated rings. The van der Waals surface area contributed by atoms with Crippen LogP contribution in [0.3, 0.4) is 0 Å². The van der Waals surface area contributed by atoms with Gasteiger partial charge in [-0.1, -0.05) is 71.1 Å². The van der Waals surface area contributed by atoms with Crippen molar-refractivity contribution in [3.05, 3.63) is 109 Å². The molecule has 2 amide bonds. The van der Waals surface area contributed by atoms with E-state index in [0.717, 1.165) is 16.7 Å². The normalized spacial score (nSPS) is 17.5. The molecule has 11 heteroatoms. The average Bonchev–Trinajstić information content (AvgIpc) is 3.62. The van der Waals surface area contributed by atoms with Gasteiger partial charge in [-0.3, -0.25) is 19.3 Å². The number of carbonyl (C=O) groups excluding carboxylic acids is 2. The maximum atomic E-state index is 14.6. The van der Waals surface area contributed by atoms with Crippen molar-refractivity contribution in [2.45, 2.75) is 36.4 Å². The van der Waals surface area contributed by atoms with E-state index in [1.165, 1.54) is 28.0 Å². The Morgan fingerprint density at radius 2 is 1.74 bits per heavy atom. The van der Waals surface area contributed by atoms with Crippen molar-refractivity contribution in [3.8, 4) is 0 Å². The number of benzene rings is 3. The predicted molar refractivity (Wildman–Crippen MR) is 165 cm³/mol. The summed E-state index contributed by atoms with van der Waals surface area (Å²) in [4.78, 5) is 46.2. The van der Waals surface area contributed by atoms with Crippen molar-refractivity contribution in [3.63, 3.8) is 0 Å². The van der Waals surface area contributed by atoms with Crippen LogP contribution in [0, 0.1) is 13.8 Å². The molecule has 8 nitrogen and oxygen atoms in total. The van der Waals surface area contributed by atoms with Gasteiger partial charge in [0, 0.05) is 22.9 Å². The molecule has 1 unspecified atom stereocenters. The molecule has 0 radical (unpaired) electrons. The second-order valence-electron chi connectivity index (χ2n) is 10.2. The van der Waals surface area contributed by atoms with Gasteiger partial charge >= 0.3 is 0 Å². The molecule has 3 aromatic carbocycles. The zero-order valence-corrected chi connectivity index (χ0v) is 25.2. The summed E-state index contributed by atoms with van der Waals surface area (Å²) in [5, 5.41) is 9.88. The maximum Gasteiger partial charge on any atom is 0.297 e. The monoisotopic (exact) mass is 614 g/mol. The summed E-state index contributed by atoms with van der Waals surface area (Å²) in [5.41, 5.74) is 2.04. The number of anilines is 2. The predicted octanol–water partition coefficient (Wildman–Crippen LogP) is 6.48. The summed E-state index contributed by atoms with van der Waals surface area (Å²) in [5.74, 6) is -0.628. The number of para-hydroxylation sites is 1. The largest absolute Gasteiger partial charge is 0.450 e. The Bertz CT molecular complexity index is 2020. The summed E-state index contributed by atoms with van der Waals surface area (Å²) < 4.78 is 6.79. The second-order valence-corrected chi connectivity index (χ2v) is 12.8.